The molecule has 0 fully saturated rings. The van der Waals surface area contributed by atoms with Crippen LogP contribution in [0, 0.1) is 0 Å². The van der Waals surface area contributed by atoms with Crippen LogP contribution in [-0.4, -0.2) is 29.4 Å². The van der Waals surface area contributed by atoms with Crippen LogP contribution >= 0.6 is 11.3 Å². The Morgan fingerprint density at radius 3 is 2.73 bits per heavy atom. The summed E-state index contributed by atoms with van der Waals surface area (Å²) in [6.07, 6.45) is 1.82. The Morgan fingerprint density at radius 1 is 1.05 bits per heavy atom. The number of methoxy groups -OCH3 is 2. The summed E-state index contributed by atoms with van der Waals surface area (Å²) < 4.78 is 11.8. The first-order chi connectivity index (χ1) is 10.8. The number of benzene rings is 2. The first-order valence-electron chi connectivity index (χ1n) is 6.75. The highest BCUT2D eigenvalue weighted by Crippen LogP contribution is 2.37. The molecule has 0 aliphatic carbocycles. The molecule has 2 aromatic carbocycles. The molecule has 0 atom stereocenters. The zero-order valence-corrected chi connectivity index (χ0v) is 12.9. The fourth-order valence-electron chi connectivity index (χ4n) is 2.50. The van der Waals surface area contributed by atoms with Crippen LogP contribution in [0.1, 0.15) is 0 Å². The normalized spacial score (nSPS) is 11.2. The molecule has 2 aromatic heterocycles. The Labute approximate surface area is 130 Å². The second-order valence-corrected chi connectivity index (χ2v) is 5.86. The third kappa shape index (κ3) is 1.92. The highest BCUT2D eigenvalue weighted by Gasteiger charge is 2.12. The molecule has 0 aliphatic rings. The van der Waals surface area contributed by atoms with Gasteiger partial charge in [-0.3, -0.25) is 5.10 Å². The number of H-pyrrole nitrogens is 1. The van der Waals surface area contributed by atoms with Crippen LogP contribution in [0.5, 0.6) is 11.5 Å². The molecule has 2 heterocycles. The Balaban J connectivity index is 1.90. The topological polar surface area (TPSA) is 60.0 Å². The Hall–Kier alpha value is -2.60. The average Bonchev–Trinajstić information content (AvgIpc) is 3.19. The van der Waals surface area contributed by atoms with Crippen LogP contribution in [0.15, 0.2) is 36.5 Å². The summed E-state index contributed by atoms with van der Waals surface area (Å²) >= 11 is 1.65. The van der Waals surface area contributed by atoms with Crippen LogP contribution < -0.4 is 9.47 Å². The van der Waals surface area contributed by atoms with Crippen LogP contribution in [0.2, 0.25) is 0 Å². The molecule has 0 saturated carbocycles. The molecule has 0 unspecified atom stereocenters. The van der Waals surface area contributed by atoms with Gasteiger partial charge < -0.3 is 9.47 Å². The summed E-state index contributed by atoms with van der Waals surface area (Å²) in [7, 11) is 3.26. The Kier molecular flexibility index (Phi) is 2.97. The summed E-state index contributed by atoms with van der Waals surface area (Å²) in [4.78, 5) is 4.78. The molecule has 1 N–H and O–H groups in total. The van der Waals surface area contributed by atoms with Crippen molar-refractivity contribution in [2.24, 2.45) is 0 Å². The minimum Gasteiger partial charge on any atom is -0.493 e. The Bertz CT molecular complexity index is 974. The van der Waals surface area contributed by atoms with Gasteiger partial charge in [-0.1, -0.05) is 0 Å². The molecule has 4 aromatic rings. The number of fused-ring (bicyclic) bond motifs is 3. The van der Waals surface area contributed by atoms with Crippen molar-refractivity contribution in [1.29, 1.82) is 0 Å². The van der Waals surface area contributed by atoms with Gasteiger partial charge >= 0.3 is 0 Å². The van der Waals surface area contributed by atoms with E-state index < -0.39 is 0 Å². The number of nitrogens with zero attached hydrogens (tertiary/aromatic N) is 2. The second-order valence-electron chi connectivity index (χ2n) is 4.83. The molecule has 22 heavy (non-hydrogen) atoms. The lowest BCUT2D eigenvalue weighted by Crippen LogP contribution is -1.90. The van der Waals surface area contributed by atoms with E-state index >= 15 is 0 Å². The number of hydrogen-bond donors (Lipinski definition) is 1. The average molecular weight is 311 g/mol. The number of thiazole rings is 1. The van der Waals surface area contributed by atoms with Crippen molar-refractivity contribution in [3.8, 4) is 22.1 Å². The predicted octanol–water partition coefficient (Wildman–Crippen LogP) is 3.86. The van der Waals surface area contributed by atoms with Crippen molar-refractivity contribution in [2.75, 3.05) is 14.2 Å². The van der Waals surface area contributed by atoms with Crippen molar-refractivity contribution in [3.63, 3.8) is 0 Å². The largest absolute Gasteiger partial charge is 0.493 e. The molecule has 0 spiro atoms. The fourth-order valence-corrected chi connectivity index (χ4v) is 3.48. The number of aromatic amines is 1. The van der Waals surface area contributed by atoms with Gasteiger partial charge in [-0.2, -0.15) is 5.10 Å². The van der Waals surface area contributed by atoms with Crippen molar-refractivity contribution < 1.29 is 9.47 Å². The van der Waals surface area contributed by atoms with Crippen molar-refractivity contribution >= 4 is 32.5 Å². The predicted molar refractivity (Wildman–Crippen MR) is 87.8 cm³/mol. The lowest BCUT2D eigenvalue weighted by molar-refractivity contribution is 0.355. The fraction of sp³-hybridized carbons (Fsp3) is 0.125. The molecule has 0 radical (unpaired) electrons. The Morgan fingerprint density at radius 2 is 1.91 bits per heavy atom. The van der Waals surface area contributed by atoms with Gasteiger partial charge in [0.1, 0.15) is 5.01 Å². The van der Waals surface area contributed by atoms with Crippen LogP contribution in [-0.2, 0) is 0 Å². The summed E-state index contributed by atoms with van der Waals surface area (Å²) in [5, 5.41) is 9.05. The molecule has 5 nitrogen and oxygen atoms in total. The minimum atomic E-state index is 0.702. The SMILES string of the molecule is COc1ccc(-c2nc3c(ccc4[nH]ncc43)s2)cc1OC. The molecule has 110 valence electrons. The van der Waals surface area contributed by atoms with Crippen LogP contribution in [0.4, 0.5) is 0 Å². The van der Waals surface area contributed by atoms with Gasteiger partial charge in [0, 0.05) is 10.9 Å². The zero-order valence-electron chi connectivity index (χ0n) is 12.1. The number of ether oxygens (including phenoxy) is 2. The monoisotopic (exact) mass is 311 g/mol. The molecule has 0 bridgehead atoms. The molecule has 0 aliphatic heterocycles. The summed E-state index contributed by atoms with van der Waals surface area (Å²) in [6, 6.07) is 9.93. The van der Waals surface area contributed by atoms with E-state index in [0.29, 0.717) is 11.5 Å². The van der Waals surface area contributed by atoms with Crippen LogP contribution in [0.25, 0.3) is 31.7 Å². The number of nitrogens with one attached hydrogen (secondary N) is 1. The molecular weight excluding hydrogens is 298 g/mol. The first kappa shape index (κ1) is 13.1. The van der Waals surface area contributed by atoms with E-state index in [1.807, 2.05) is 30.5 Å². The smallest absolute Gasteiger partial charge is 0.161 e. The third-order valence-electron chi connectivity index (χ3n) is 3.61. The zero-order chi connectivity index (χ0) is 15.1. The molecule has 0 saturated heterocycles. The van der Waals surface area contributed by atoms with E-state index in [1.54, 1.807) is 25.6 Å². The third-order valence-corrected chi connectivity index (χ3v) is 4.68. The van der Waals surface area contributed by atoms with Crippen molar-refractivity contribution in [3.05, 3.63) is 36.5 Å². The summed E-state index contributed by atoms with van der Waals surface area (Å²) in [6.45, 7) is 0. The van der Waals surface area contributed by atoms with E-state index in [0.717, 1.165) is 31.7 Å². The quantitative estimate of drug-likeness (QED) is 0.624. The van der Waals surface area contributed by atoms with E-state index in [9.17, 15) is 0 Å². The lowest BCUT2D eigenvalue weighted by Gasteiger charge is -2.08. The molecule has 4 rings (SSSR count). The van der Waals surface area contributed by atoms with Crippen molar-refractivity contribution in [1.82, 2.24) is 15.2 Å². The lowest BCUT2D eigenvalue weighted by atomic mass is 10.2. The first-order valence-corrected chi connectivity index (χ1v) is 7.57. The molecule has 0 amide bonds. The number of aromatic nitrogens is 3. The van der Waals surface area contributed by atoms with Gasteiger partial charge in [0.2, 0.25) is 0 Å². The molecular formula is C16H13N3O2S. The standard InChI is InChI=1S/C16H13N3O2S/c1-20-12-5-3-9(7-13(12)21-2)16-18-15-10-8-17-19-11(10)4-6-14(15)22-16/h3-8H,1-2H3,(H,17,19). The van der Waals surface area contributed by atoms with E-state index in [4.69, 9.17) is 14.5 Å². The minimum absolute atomic E-state index is 0.702. The number of rotatable bonds is 3. The number of hydrogen-bond acceptors (Lipinski definition) is 5. The summed E-state index contributed by atoms with van der Waals surface area (Å²) in [5.74, 6) is 1.41. The van der Waals surface area contributed by atoms with Gasteiger partial charge in [-0.25, -0.2) is 4.98 Å². The van der Waals surface area contributed by atoms with Gasteiger partial charge in [0.05, 0.1) is 36.1 Å². The van der Waals surface area contributed by atoms with Gasteiger partial charge in [-0.15, -0.1) is 11.3 Å². The highest BCUT2D eigenvalue weighted by molar-refractivity contribution is 7.21. The van der Waals surface area contributed by atoms with E-state index in [2.05, 4.69) is 16.3 Å². The molecule has 6 heteroatoms. The van der Waals surface area contributed by atoms with E-state index in [1.165, 1.54) is 0 Å². The second kappa shape index (κ2) is 4.99. The van der Waals surface area contributed by atoms with Gasteiger partial charge in [0.15, 0.2) is 11.5 Å². The maximum atomic E-state index is 5.37. The van der Waals surface area contributed by atoms with Gasteiger partial charge in [0.25, 0.3) is 0 Å². The van der Waals surface area contributed by atoms with Gasteiger partial charge in [-0.05, 0) is 30.3 Å². The summed E-state index contributed by atoms with van der Waals surface area (Å²) in [5.41, 5.74) is 2.98. The van der Waals surface area contributed by atoms with E-state index in [-0.39, 0.29) is 0 Å². The maximum Gasteiger partial charge on any atom is 0.161 e. The van der Waals surface area contributed by atoms with Crippen molar-refractivity contribution in [2.45, 2.75) is 0 Å². The van der Waals surface area contributed by atoms with Crippen LogP contribution in [0.3, 0.4) is 0 Å². The maximum absolute atomic E-state index is 5.37. The highest BCUT2D eigenvalue weighted by atomic mass is 32.1.